The van der Waals surface area contributed by atoms with E-state index in [0.29, 0.717) is 18.2 Å². The fourth-order valence-corrected chi connectivity index (χ4v) is 2.20. The zero-order chi connectivity index (χ0) is 17.6. The van der Waals surface area contributed by atoms with Crippen molar-refractivity contribution < 1.29 is 9.32 Å². The van der Waals surface area contributed by atoms with Gasteiger partial charge >= 0.3 is 11.8 Å². The van der Waals surface area contributed by atoms with Crippen LogP contribution in [0.4, 0.5) is 0 Å². The maximum absolute atomic E-state index is 11.7. The normalized spacial score (nSPS) is 10.9. The molecule has 8 heteroatoms. The van der Waals surface area contributed by atoms with Crippen molar-refractivity contribution in [2.24, 2.45) is 0 Å². The molecule has 8 nitrogen and oxygen atoms in total. The van der Waals surface area contributed by atoms with Crippen LogP contribution >= 0.6 is 0 Å². The molecule has 0 saturated heterocycles. The van der Waals surface area contributed by atoms with E-state index < -0.39 is 5.91 Å². The van der Waals surface area contributed by atoms with Gasteiger partial charge in [0, 0.05) is 23.9 Å². The number of nitrogens with zero attached hydrogens (tertiary/aromatic N) is 3. The highest BCUT2D eigenvalue weighted by atomic mass is 16.5. The maximum atomic E-state index is 11.7. The molecule has 0 saturated carbocycles. The van der Waals surface area contributed by atoms with E-state index in [0.717, 1.165) is 16.8 Å². The minimum Gasteiger partial charge on any atom is -0.348 e. The average molecular weight is 336 g/mol. The zero-order valence-corrected chi connectivity index (χ0v) is 13.5. The van der Waals surface area contributed by atoms with E-state index in [1.165, 1.54) is 6.21 Å². The smallest absolute Gasteiger partial charge is 0.316 e. The Morgan fingerprint density at radius 1 is 1.40 bits per heavy atom. The first-order valence-corrected chi connectivity index (χ1v) is 7.66. The van der Waals surface area contributed by atoms with Gasteiger partial charge in [0.05, 0.1) is 11.9 Å². The summed E-state index contributed by atoms with van der Waals surface area (Å²) in [7, 11) is 0. The van der Waals surface area contributed by atoms with Crippen molar-refractivity contribution in [3.05, 3.63) is 48.3 Å². The third kappa shape index (κ3) is 3.69. The van der Waals surface area contributed by atoms with Crippen LogP contribution in [0, 0.1) is 5.41 Å². The Bertz CT molecular complexity index is 925. The van der Waals surface area contributed by atoms with E-state index in [1.807, 2.05) is 31.2 Å². The van der Waals surface area contributed by atoms with E-state index in [9.17, 15) is 4.79 Å². The number of hydrogen-bond donors (Lipinski definition) is 3. The number of rotatable bonds is 6. The highest BCUT2D eigenvalue weighted by Gasteiger charge is 2.15. The summed E-state index contributed by atoms with van der Waals surface area (Å²) in [6, 6.07) is 7.50. The lowest BCUT2D eigenvalue weighted by Crippen LogP contribution is -2.22. The van der Waals surface area contributed by atoms with Gasteiger partial charge in [-0.25, -0.2) is 4.98 Å². The lowest BCUT2D eigenvalue weighted by molar-refractivity contribution is 0.0912. The molecule has 0 fully saturated rings. The van der Waals surface area contributed by atoms with Crippen LogP contribution < -0.4 is 5.32 Å². The lowest BCUT2D eigenvalue weighted by Gasteiger charge is -2.00. The number of carbonyl (C=O) groups is 1. The SMILES string of the molecule is CCNC(=O)c1nc(-c2cccc(-c3cnc(/C=C\C=N)[nH]3)c2)no1. The summed E-state index contributed by atoms with van der Waals surface area (Å²) < 4.78 is 5.00. The number of nitrogens with one attached hydrogen (secondary N) is 3. The molecule has 0 aliphatic rings. The molecule has 1 aromatic carbocycles. The first-order valence-electron chi connectivity index (χ1n) is 7.66. The third-order valence-electron chi connectivity index (χ3n) is 3.34. The predicted octanol–water partition coefficient (Wildman–Crippen LogP) is 2.54. The summed E-state index contributed by atoms with van der Waals surface area (Å²) in [6.45, 7) is 2.30. The van der Waals surface area contributed by atoms with Crippen LogP contribution in [0.3, 0.4) is 0 Å². The molecule has 3 aromatic rings. The van der Waals surface area contributed by atoms with Crippen molar-refractivity contribution in [3.8, 4) is 22.6 Å². The van der Waals surface area contributed by atoms with Crippen LogP contribution in [0.2, 0.25) is 0 Å². The van der Waals surface area contributed by atoms with E-state index in [4.69, 9.17) is 9.93 Å². The number of carbonyl (C=O) groups excluding carboxylic acids is 1. The van der Waals surface area contributed by atoms with Gasteiger partial charge < -0.3 is 20.2 Å². The Labute approximate surface area is 143 Å². The standard InChI is InChI=1S/C17H16N6O2/c1-2-19-16(24)17-22-15(23-25-17)12-6-3-5-11(9-12)13-10-20-14(21-13)7-4-8-18/h3-10,18H,2H2,1H3,(H,19,24)(H,20,21)/b7-4-,18-8?. The molecule has 2 aromatic heterocycles. The summed E-state index contributed by atoms with van der Waals surface area (Å²) >= 11 is 0. The second kappa shape index (κ2) is 7.35. The number of benzene rings is 1. The highest BCUT2D eigenvalue weighted by molar-refractivity contribution is 5.89. The van der Waals surface area contributed by atoms with Gasteiger partial charge in [-0.2, -0.15) is 4.98 Å². The summed E-state index contributed by atoms with van der Waals surface area (Å²) in [5.41, 5.74) is 2.44. The highest BCUT2D eigenvalue weighted by Crippen LogP contribution is 2.24. The number of H-pyrrole nitrogens is 1. The summed E-state index contributed by atoms with van der Waals surface area (Å²) in [5, 5.41) is 13.5. The van der Waals surface area contributed by atoms with Gasteiger partial charge in [0.25, 0.3) is 0 Å². The van der Waals surface area contributed by atoms with Crippen molar-refractivity contribution in [2.75, 3.05) is 6.54 Å². The van der Waals surface area contributed by atoms with Crippen LogP contribution in [0.1, 0.15) is 23.4 Å². The number of aromatic amines is 1. The number of amides is 1. The molecular formula is C17H16N6O2. The largest absolute Gasteiger partial charge is 0.348 e. The van der Waals surface area contributed by atoms with Gasteiger partial charge in [0.15, 0.2) is 0 Å². The molecule has 1 amide bonds. The van der Waals surface area contributed by atoms with Gasteiger partial charge in [-0.1, -0.05) is 23.4 Å². The van der Waals surface area contributed by atoms with Gasteiger partial charge in [0.1, 0.15) is 5.82 Å². The Kier molecular flexibility index (Phi) is 4.79. The monoisotopic (exact) mass is 336 g/mol. The number of imidazole rings is 1. The minimum atomic E-state index is -0.395. The van der Waals surface area contributed by atoms with Gasteiger partial charge in [-0.3, -0.25) is 4.79 Å². The van der Waals surface area contributed by atoms with Crippen molar-refractivity contribution in [1.29, 1.82) is 5.41 Å². The minimum absolute atomic E-state index is 0.0668. The fraction of sp³-hybridized carbons (Fsp3) is 0.118. The molecule has 3 N–H and O–H groups in total. The lowest BCUT2D eigenvalue weighted by atomic mass is 10.1. The molecule has 0 aliphatic heterocycles. The first kappa shape index (κ1) is 16.3. The van der Waals surface area contributed by atoms with Crippen LogP contribution in [0.25, 0.3) is 28.7 Å². The molecule has 25 heavy (non-hydrogen) atoms. The van der Waals surface area contributed by atoms with Crippen LogP contribution in [-0.4, -0.2) is 38.8 Å². The van der Waals surface area contributed by atoms with E-state index in [-0.39, 0.29) is 5.89 Å². The predicted molar refractivity (Wildman–Crippen MR) is 93.1 cm³/mol. The van der Waals surface area contributed by atoms with E-state index in [1.54, 1.807) is 18.3 Å². The van der Waals surface area contributed by atoms with Crippen LogP contribution in [-0.2, 0) is 0 Å². The van der Waals surface area contributed by atoms with Gasteiger partial charge in [-0.05, 0) is 25.1 Å². The maximum Gasteiger partial charge on any atom is 0.316 e. The Balaban J connectivity index is 1.87. The van der Waals surface area contributed by atoms with E-state index in [2.05, 4.69) is 25.4 Å². The van der Waals surface area contributed by atoms with Crippen LogP contribution in [0.5, 0.6) is 0 Å². The van der Waals surface area contributed by atoms with Crippen molar-refractivity contribution in [2.45, 2.75) is 6.92 Å². The van der Waals surface area contributed by atoms with Crippen molar-refractivity contribution >= 4 is 18.2 Å². The molecule has 2 heterocycles. The fourth-order valence-electron chi connectivity index (χ4n) is 2.20. The topological polar surface area (TPSA) is 121 Å². The summed E-state index contributed by atoms with van der Waals surface area (Å²) in [5.74, 6) is 0.532. The van der Waals surface area contributed by atoms with Crippen molar-refractivity contribution in [1.82, 2.24) is 25.4 Å². The summed E-state index contributed by atoms with van der Waals surface area (Å²) in [4.78, 5) is 23.2. The van der Waals surface area contributed by atoms with Gasteiger partial charge in [-0.15, -0.1) is 0 Å². The molecule has 3 rings (SSSR count). The third-order valence-corrected chi connectivity index (χ3v) is 3.34. The Morgan fingerprint density at radius 3 is 3.04 bits per heavy atom. The molecule has 0 atom stereocenters. The first-order chi connectivity index (χ1) is 12.2. The molecule has 0 aliphatic carbocycles. The molecule has 0 bridgehead atoms. The average Bonchev–Trinajstić information content (AvgIpc) is 3.30. The molecule has 126 valence electrons. The molecule has 0 unspecified atom stereocenters. The van der Waals surface area contributed by atoms with E-state index >= 15 is 0 Å². The number of hydrogen-bond acceptors (Lipinski definition) is 6. The number of allylic oxidation sites excluding steroid dienone is 1. The molecule has 0 radical (unpaired) electrons. The van der Waals surface area contributed by atoms with Crippen molar-refractivity contribution in [3.63, 3.8) is 0 Å². The zero-order valence-electron chi connectivity index (χ0n) is 13.5. The summed E-state index contributed by atoms with van der Waals surface area (Å²) in [6.07, 6.45) is 6.18. The molecule has 0 spiro atoms. The number of aromatic nitrogens is 4. The molecular weight excluding hydrogens is 320 g/mol. The quantitative estimate of drug-likeness (QED) is 0.597. The van der Waals surface area contributed by atoms with Crippen LogP contribution in [0.15, 0.2) is 41.1 Å². The van der Waals surface area contributed by atoms with Gasteiger partial charge in [0.2, 0.25) is 5.82 Å². The second-order valence-corrected chi connectivity index (χ2v) is 5.07. The Hall–Kier alpha value is -3.55. The second-order valence-electron chi connectivity index (χ2n) is 5.07. The Morgan fingerprint density at radius 2 is 2.24 bits per heavy atom.